The largest absolute Gasteiger partial charge is 0.364 e. The lowest BCUT2D eigenvalue weighted by Gasteiger charge is -2.19. The van der Waals surface area contributed by atoms with Gasteiger partial charge in [0.1, 0.15) is 0 Å². The normalized spacial score (nSPS) is 14.0. The Morgan fingerprint density at radius 2 is 1.81 bits per heavy atom. The number of nitro groups is 1. The Morgan fingerprint density at radius 3 is 2.44 bits per heavy atom. The Morgan fingerprint density at radius 1 is 1.15 bits per heavy atom. The first kappa shape index (κ1) is 18.6. The summed E-state index contributed by atoms with van der Waals surface area (Å²) >= 11 is 0. The molecular formula is C18H18N4O4S. The quantitative estimate of drug-likeness (QED) is 0.356. The van der Waals surface area contributed by atoms with Gasteiger partial charge >= 0.3 is 0 Å². The number of nitrogens with zero attached hydrogens (tertiary/aromatic N) is 3. The Hall–Kier alpha value is -3.20. The molecule has 0 atom stereocenters. The van der Waals surface area contributed by atoms with Crippen LogP contribution in [0.3, 0.4) is 0 Å². The fourth-order valence-electron chi connectivity index (χ4n) is 2.66. The van der Waals surface area contributed by atoms with Crippen molar-refractivity contribution in [2.24, 2.45) is 5.10 Å². The van der Waals surface area contributed by atoms with Crippen molar-refractivity contribution in [1.29, 1.82) is 0 Å². The second-order valence-electron chi connectivity index (χ2n) is 6.04. The first-order chi connectivity index (χ1) is 12.9. The average molecular weight is 386 g/mol. The molecule has 0 bridgehead atoms. The number of anilines is 1. The third-order valence-corrected chi connectivity index (χ3v) is 5.33. The summed E-state index contributed by atoms with van der Waals surface area (Å²) in [5.74, 6) is 0. The summed E-state index contributed by atoms with van der Waals surface area (Å²) in [6, 6.07) is 10.8. The maximum absolute atomic E-state index is 12.3. The minimum absolute atomic E-state index is 0.0891. The first-order valence-corrected chi connectivity index (χ1v) is 9.65. The number of aryl methyl sites for hydroxylation is 1. The van der Waals surface area contributed by atoms with Crippen LogP contribution in [0.4, 0.5) is 11.4 Å². The molecule has 0 radical (unpaired) electrons. The standard InChI is InChI=1S/C18H18N4O4S/c1-14-4-7-17(8-5-14)27(25,26)20-19-13-15-12-16(22(23)24)6-9-18(15)21-10-2-3-11-21/h2-9,12-13,20H,10-11H2,1H3. The van der Waals surface area contributed by atoms with Crippen LogP contribution >= 0.6 is 0 Å². The third-order valence-electron chi connectivity index (χ3n) is 4.09. The van der Waals surface area contributed by atoms with Crippen LogP contribution in [0.25, 0.3) is 0 Å². The van der Waals surface area contributed by atoms with Crippen molar-refractivity contribution in [2.45, 2.75) is 11.8 Å². The molecular weight excluding hydrogens is 368 g/mol. The molecule has 2 aromatic rings. The van der Waals surface area contributed by atoms with E-state index in [0.717, 1.165) is 11.3 Å². The van der Waals surface area contributed by atoms with Gasteiger partial charge in [0.25, 0.3) is 15.7 Å². The maximum Gasteiger partial charge on any atom is 0.276 e. The van der Waals surface area contributed by atoms with E-state index in [2.05, 4.69) is 9.93 Å². The van der Waals surface area contributed by atoms with Crippen molar-refractivity contribution in [3.05, 3.63) is 75.9 Å². The molecule has 0 aromatic heterocycles. The van der Waals surface area contributed by atoms with E-state index in [0.29, 0.717) is 18.7 Å². The molecule has 1 heterocycles. The predicted molar refractivity (Wildman–Crippen MR) is 104 cm³/mol. The molecule has 0 saturated carbocycles. The maximum atomic E-state index is 12.3. The molecule has 0 saturated heterocycles. The molecule has 0 fully saturated rings. The highest BCUT2D eigenvalue weighted by Crippen LogP contribution is 2.25. The smallest absolute Gasteiger partial charge is 0.276 e. The number of sulfonamides is 1. The van der Waals surface area contributed by atoms with E-state index in [-0.39, 0.29) is 10.6 Å². The number of hydrazone groups is 1. The van der Waals surface area contributed by atoms with Crippen LogP contribution in [-0.4, -0.2) is 32.6 Å². The van der Waals surface area contributed by atoms with Crippen molar-refractivity contribution < 1.29 is 13.3 Å². The number of nitro benzene ring substituents is 1. The molecule has 0 aliphatic carbocycles. The highest BCUT2D eigenvalue weighted by atomic mass is 32.2. The molecule has 0 unspecified atom stereocenters. The van der Waals surface area contributed by atoms with Gasteiger partial charge in [0, 0.05) is 36.5 Å². The Labute approximate surface area is 157 Å². The zero-order valence-corrected chi connectivity index (χ0v) is 15.4. The second kappa shape index (κ2) is 7.58. The summed E-state index contributed by atoms with van der Waals surface area (Å²) in [4.78, 5) is 14.8. The average Bonchev–Trinajstić information content (AvgIpc) is 3.16. The summed E-state index contributed by atoms with van der Waals surface area (Å²) in [6.45, 7) is 3.21. The predicted octanol–water partition coefficient (Wildman–Crippen LogP) is 2.59. The van der Waals surface area contributed by atoms with E-state index >= 15 is 0 Å². The summed E-state index contributed by atoms with van der Waals surface area (Å²) in [6.07, 6.45) is 5.26. The van der Waals surface area contributed by atoms with Crippen LogP contribution in [0, 0.1) is 17.0 Å². The summed E-state index contributed by atoms with van der Waals surface area (Å²) in [5, 5.41) is 14.9. The van der Waals surface area contributed by atoms with E-state index in [1.165, 1.54) is 30.5 Å². The van der Waals surface area contributed by atoms with E-state index < -0.39 is 14.9 Å². The van der Waals surface area contributed by atoms with E-state index in [9.17, 15) is 18.5 Å². The molecule has 27 heavy (non-hydrogen) atoms. The molecule has 8 nitrogen and oxygen atoms in total. The lowest BCUT2D eigenvalue weighted by molar-refractivity contribution is -0.384. The molecule has 0 amide bonds. The van der Waals surface area contributed by atoms with Gasteiger partial charge in [0.2, 0.25) is 0 Å². The van der Waals surface area contributed by atoms with Crippen LogP contribution in [0.5, 0.6) is 0 Å². The van der Waals surface area contributed by atoms with Crippen molar-refractivity contribution >= 4 is 27.6 Å². The van der Waals surface area contributed by atoms with Gasteiger partial charge < -0.3 is 4.90 Å². The van der Waals surface area contributed by atoms with Crippen molar-refractivity contribution in [1.82, 2.24) is 4.83 Å². The summed E-state index contributed by atoms with van der Waals surface area (Å²) < 4.78 is 24.6. The van der Waals surface area contributed by atoms with Gasteiger partial charge in [-0.2, -0.15) is 13.5 Å². The first-order valence-electron chi connectivity index (χ1n) is 8.17. The zero-order chi connectivity index (χ0) is 19.4. The second-order valence-corrected chi connectivity index (χ2v) is 7.70. The molecule has 1 aliphatic heterocycles. The van der Waals surface area contributed by atoms with Crippen LogP contribution in [-0.2, 0) is 10.0 Å². The van der Waals surface area contributed by atoms with Gasteiger partial charge in [-0.3, -0.25) is 10.1 Å². The molecule has 9 heteroatoms. The number of non-ortho nitro benzene ring substituents is 1. The van der Waals surface area contributed by atoms with Gasteiger partial charge in [0.05, 0.1) is 16.0 Å². The zero-order valence-electron chi connectivity index (χ0n) is 14.6. The Bertz CT molecular complexity index is 1010. The minimum atomic E-state index is -3.81. The number of nitrogens with one attached hydrogen (secondary N) is 1. The third kappa shape index (κ3) is 4.32. The highest BCUT2D eigenvalue weighted by Gasteiger charge is 2.16. The van der Waals surface area contributed by atoms with Crippen LogP contribution < -0.4 is 9.73 Å². The summed E-state index contributed by atoms with van der Waals surface area (Å²) in [5.41, 5.74) is 2.05. The van der Waals surface area contributed by atoms with E-state index in [1.807, 2.05) is 24.0 Å². The SMILES string of the molecule is Cc1ccc(S(=O)(=O)NN=Cc2cc([N+](=O)[O-])ccc2N2CC=CC2)cc1. The van der Waals surface area contributed by atoms with Gasteiger partial charge in [-0.15, -0.1) is 0 Å². The van der Waals surface area contributed by atoms with Gasteiger partial charge in [-0.25, -0.2) is 4.83 Å². The molecule has 3 rings (SSSR count). The number of rotatable bonds is 6. The van der Waals surface area contributed by atoms with E-state index in [1.54, 1.807) is 18.2 Å². The molecule has 2 aromatic carbocycles. The molecule has 140 valence electrons. The Balaban J connectivity index is 1.85. The monoisotopic (exact) mass is 386 g/mol. The lowest BCUT2D eigenvalue weighted by Crippen LogP contribution is -2.21. The van der Waals surface area contributed by atoms with Gasteiger partial charge in [-0.1, -0.05) is 29.8 Å². The van der Waals surface area contributed by atoms with Crippen molar-refractivity contribution in [3.8, 4) is 0 Å². The lowest BCUT2D eigenvalue weighted by atomic mass is 10.1. The van der Waals surface area contributed by atoms with Crippen molar-refractivity contribution in [3.63, 3.8) is 0 Å². The molecule has 1 aliphatic rings. The van der Waals surface area contributed by atoms with Crippen LogP contribution in [0.1, 0.15) is 11.1 Å². The van der Waals surface area contributed by atoms with Gasteiger partial charge in [-0.05, 0) is 25.1 Å². The fourth-order valence-corrected chi connectivity index (χ4v) is 3.45. The van der Waals surface area contributed by atoms with E-state index in [4.69, 9.17) is 0 Å². The van der Waals surface area contributed by atoms with Gasteiger partial charge in [0.15, 0.2) is 0 Å². The number of hydrogen-bond acceptors (Lipinski definition) is 6. The van der Waals surface area contributed by atoms with Crippen LogP contribution in [0.2, 0.25) is 0 Å². The highest BCUT2D eigenvalue weighted by molar-refractivity contribution is 7.89. The molecule has 1 N–H and O–H groups in total. The number of hydrogen-bond donors (Lipinski definition) is 1. The fraction of sp³-hybridized carbons (Fsp3) is 0.167. The van der Waals surface area contributed by atoms with Crippen LogP contribution in [0.15, 0.2) is 64.6 Å². The minimum Gasteiger partial charge on any atom is -0.364 e. The summed E-state index contributed by atoms with van der Waals surface area (Å²) in [7, 11) is -3.81. The number of benzene rings is 2. The molecule has 0 spiro atoms. The Kier molecular flexibility index (Phi) is 5.22. The van der Waals surface area contributed by atoms with Crippen molar-refractivity contribution in [2.75, 3.05) is 18.0 Å². The topological polar surface area (TPSA) is 105 Å².